The molecular formula is C17H18N4O. The molecule has 1 aliphatic rings. The van der Waals surface area contributed by atoms with Gasteiger partial charge < -0.3 is 14.5 Å². The summed E-state index contributed by atoms with van der Waals surface area (Å²) in [4.78, 5) is 22.0. The van der Waals surface area contributed by atoms with Crippen LogP contribution in [0.25, 0.3) is 10.9 Å². The van der Waals surface area contributed by atoms with Crippen molar-refractivity contribution >= 4 is 16.8 Å². The van der Waals surface area contributed by atoms with E-state index < -0.39 is 0 Å². The minimum Gasteiger partial charge on any atom is -0.361 e. The Morgan fingerprint density at radius 2 is 2.27 bits per heavy atom. The van der Waals surface area contributed by atoms with Gasteiger partial charge in [0.15, 0.2) is 0 Å². The molecule has 1 atom stereocenters. The van der Waals surface area contributed by atoms with Crippen LogP contribution < -0.4 is 0 Å². The number of rotatable bonds is 2. The molecule has 0 aliphatic carbocycles. The number of carbonyl (C=O) groups is 1. The van der Waals surface area contributed by atoms with Crippen LogP contribution in [0.5, 0.6) is 0 Å². The molecular weight excluding hydrogens is 276 g/mol. The fourth-order valence-electron chi connectivity index (χ4n) is 3.23. The molecule has 1 aliphatic heterocycles. The van der Waals surface area contributed by atoms with Crippen LogP contribution in [0.3, 0.4) is 0 Å². The molecule has 3 heterocycles. The van der Waals surface area contributed by atoms with Crippen molar-refractivity contribution in [3.05, 3.63) is 54.7 Å². The molecule has 5 heteroatoms. The van der Waals surface area contributed by atoms with E-state index in [-0.39, 0.29) is 5.91 Å². The number of nitrogens with one attached hydrogen (secondary N) is 1. The van der Waals surface area contributed by atoms with Gasteiger partial charge in [0.2, 0.25) is 0 Å². The number of imidazole rings is 1. The highest BCUT2D eigenvalue weighted by atomic mass is 16.2. The molecule has 112 valence electrons. The quantitative estimate of drug-likeness (QED) is 0.790. The summed E-state index contributed by atoms with van der Waals surface area (Å²) >= 11 is 0. The summed E-state index contributed by atoms with van der Waals surface area (Å²) < 4.78 is 2.10. The first kappa shape index (κ1) is 13.1. The van der Waals surface area contributed by atoms with E-state index in [1.807, 2.05) is 47.9 Å². The zero-order valence-electron chi connectivity index (χ0n) is 12.3. The van der Waals surface area contributed by atoms with E-state index in [0.717, 1.165) is 42.4 Å². The molecule has 1 aromatic carbocycles. The minimum atomic E-state index is 0.112. The zero-order chi connectivity index (χ0) is 14.9. The van der Waals surface area contributed by atoms with Crippen LogP contribution >= 0.6 is 0 Å². The van der Waals surface area contributed by atoms with Gasteiger partial charge in [-0.2, -0.15) is 0 Å². The third-order valence-corrected chi connectivity index (χ3v) is 4.43. The lowest BCUT2D eigenvalue weighted by atomic mass is 10.0. The molecule has 4 rings (SSSR count). The number of hydrogen-bond donors (Lipinski definition) is 1. The van der Waals surface area contributed by atoms with Gasteiger partial charge in [-0.05, 0) is 36.4 Å². The highest BCUT2D eigenvalue weighted by Gasteiger charge is 2.25. The van der Waals surface area contributed by atoms with Crippen molar-refractivity contribution in [3.8, 4) is 0 Å². The normalized spacial score (nSPS) is 18.7. The van der Waals surface area contributed by atoms with Crippen LogP contribution in [0.4, 0.5) is 0 Å². The summed E-state index contributed by atoms with van der Waals surface area (Å²) in [6, 6.07) is 8.20. The molecule has 22 heavy (non-hydrogen) atoms. The predicted octanol–water partition coefficient (Wildman–Crippen LogP) is 2.84. The van der Waals surface area contributed by atoms with E-state index in [9.17, 15) is 4.79 Å². The van der Waals surface area contributed by atoms with Crippen LogP contribution in [-0.2, 0) is 0 Å². The van der Waals surface area contributed by atoms with Crippen LogP contribution in [0.15, 0.2) is 49.2 Å². The number of aromatic amines is 1. The Kier molecular flexibility index (Phi) is 3.18. The molecule has 0 spiro atoms. The molecule has 1 amide bonds. The van der Waals surface area contributed by atoms with Crippen LogP contribution in [0, 0.1) is 0 Å². The second kappa shape index (κ2) is 5.33. The molecule has 1 unspecified atom stereocenters. The zero-order valence-corrected chi connectivity index (χ0v) is 12.3. The van der Waals surface area contributed by atoms with Gasteiger partial charge in [-0.1, -0.05) is 6.07 Å². The monoisotopic (exact) mass is 294 g/mol. The van der Waals surface area contributed by atoms with E-state index in [0.29, 0.717) is 6.04 Å². The first-order valence-electron chi connectivity index (χ1n) is 7.65. The van der Waals surface area contributed by atoms with E-state index in [2.05, 4.69) is 14.5 Å². The first-order chi connectivity index (χ1) is 10.8. The second-order valence-corrected chi connectivity index (χ2v) is 5.84. The highest BCUT2D eigenvalue weighted by Crippen LogP contribution is 2.23. The van der Waals surface area contributed by atoms with Gasteiger partial charge in [0, 0.05) is 42.8 Å². The predicted molar refractivity (Wildman–Crippen MR) is 84.7 cm³/mol. The van der Waals surface area contributed by atoms with Gasteiger partial charge in [0.1, 0.15) is 0 Å². The third kappa shape index (κ3) is 2.28. The molecule has 5 nitrogen and oxygen atoms in total. The number of hydrogen-bond acceptors (Lipinski definition) is 2. The van der Waals surface area contributed by atoms with Gasteiger partial charge in [0.05, 0.1) is 12.4 Å². The first-order valence-corrected chi connectivity index (χ1v) is 7.65. The maximum atomic E-state index is 12.8. The number of likely N-dealkylation sites (tertiary alicyclic amines) is 1. The second-order valence-electron chi connectivity index (χ2n) is 5.84. The van der Waals surface area contributed by atoms with Crippen molar-refractivity contribution in [2.45, 2.75) is 18.9 Å². The average molecular weight is 294 g/mol. The summed E-state index contributed by atoms with van der Waals surface area (Å²) in [5, 5.41) is 1.13. The standard InChI is InChI=1S/C17H18N4O/c22-17(14-4-3-13-5-6-19-16(13)10-14)20-8-1-2-15(11-20)21-9-7-18-12-21/h3-7,9-10,12,15,19H,1-2,8,11H2. The molecule has 1 saturated heterocycles. The Bertz CT molecular complexity index is 790. The van der Waals surface area contributed by atoms with E-state index in [1.54, 1.807) is 6.20 Å². The Morgan fingerprint density at radius 1 is 1.32 bits per heavy atom. The lowest BCUT2D eigenvalue weighted by Crippen LogP contribution is -2.40. The van der Waals surface area contributed by atoms with Gasteiger partial charge >= 0.3 is 0 Å². The van der Waals surface area contributed by atoms with Crippen molar-refractivity contribution in [3.63, 3.8) is 0 Å². The lowest BCUT2D eigenvalue weighted by Gasteiger charge is -2.33. The van der Waals surface area contributed by atoms with Crippen LogP contribution in [-0.4, -0.2) is 38.4 Å². The SMILES string of the molecule is O=C(c1ccc2cc[nH]c2c1)N1CCCC(n2ccnc2)C1. The van der Waals surface area contributed by atoms with Gasteiger partial charge in [0.25, 0.3) is 5.91 Å². The van der Waals surface area contributed by atoms with E-state index in [1.165, 1.54) is 0 Å². The third-order valence-electron chi connectivity index (χ3n) is 4.43. The Balaban J connectivity index is 1.56. The van der Waals surface area contributed by atoms with E-state index >= 15 is 0 Å². The van der Waals surface area contributed by atoms with Crippen LogP contribution in [0.2, 0.25) is 0 Å². The molecule has 2 aromatic heterocycles. The number of H-pyrrole nitrogens is 1. The number of aromatic nitrogens is 3. The number of nitrogens with zero attached hydrogens (tertiary/aromatic N) is 3. The number of fused-ring (bicyclic) bond motifs is 1. The van der Waals surface area contributed by atoms with Gasteiger partial charge in [-0.3, -0.25) is 4.79 Å². The molecule has 0 radical (unpaired) electrons. The Hall–Kier alpha value is -2.56. The van der Waals surface area contributed by atoms with Gasteiger partial charge in [-0.25, -0.2) is 4.98 Å². The van der Waals surface area contributed by atoms with Crippen molar-refractivity contribution in [1.29, 1.82) is 0 Å². The van der Waals surface area contributed by atoms with Crippen molar-refractivity contribution in [2.75, 3.05) is 13.1 Å². The lowest BCUT2D eigenvalue weighted by molar-refractivity contribution is 0.0679. The topological polar surface area (TPSA) is 53.9 Å². The maximum Gasteiger partial charge on any atom is 0.254 e. The van der Waals surface area contributed by atoms with Crippen LogP contribution in [0.1, 0.15) is 29.2 Å². The summed E-state index contributed by atoms with van der Waals surface area (Å²) in [6.45, 7) is 1.57. The Labute approximate surface area is 128 Å². The number of benzene rings is 1. The summed E-state index contributed by atoms with van der Waals surface area (Å²) in [5.74, 6) is 0.112. The summed E-state index contributed by atoms with van der Waals surface area (Å²) in [7, 11) is 0. The van der Waals surface area contributed by atoms with Crippen molar-refractivity contribution in [1.82, 2.24) is 19.4 Å². The van der Waals surface area contributed by atoms with E-state index in [4.69, 9.17) is 0 Å². The number of amides is 1. The largest absolute Gasteiger partial charge is 0.361 e. The molecule has 1 N–H and O–H groups in total. The average Bonchev–Trinajstić information content (AvgIpc) is 3.25. The summed E-state index contributed by atoms with van der Waals surface area (Å²) in [6.07, 6.45) is 9.62. The van der Waals surface area contributed by atoms with Crippen molar-refractivity contribution < 1.29 is 4.79 Å². The number of carbonyl (C=O) groups excluding carboxylic acids is 1. The molecule has 3 aromatic rings. The smallest absolute Gasteiger partial charge is 0.254 e. The maximum absolute atomic E-state index is 12.8. The fourth-order valence-corrected chi connectivity index (χ4v) is 3.23. The summed E-state index contributed by atoms with van der Waals surface area (Å²) in [5.41, 5.74) is 1.76. The Morgan fingerprint density at radius 3 is 3.14 bits per heavy atom. The molecule has 0 bridgehead atoms. The highest BCUT2D eigenvalue weighted by molar-refractivity contribution is 5.98. The van der Waals surface area contributed by atoms with Crippen molar-refractivity contribution in [2.24, 2.45) is 0 Å². The molecule has 0 saturated carbocycles. The van der Waals surface area contributed by atoms with Gasteiger partial charge in [-0.15, -0.1) is 0 Å². The molecule has 1 fully saturated rings. The minimum absolute atomic E-state index is 0.112. The fraction of sp³-hybridized carbons (Fsp3) is 0.294. The number of piperidine rings is 1.